The first kappa shape index (κ1) is 12.2. The first-order valence-electron chi connectivity index (χ1n) is 5.36. The summed E-state index contributed by atoms with van der Waals surface area (Å²) in [6.45, 7) is 2.92. The van der Waals surface area contributed by atoms with Gasteiger partial charge >= 0.3 is 0 Å². The molecule has 0 atom stereocenters. The summed E-state index contributed by atoms with van der Waals surface area (Å²) < 4.78 is 0. The van der Waals surface area contributed by atoms with E-state index in [0.717, 1.165) is 23.5 Å². The summed E-state index contributed by atoms with van der Waals surface area (Å²) in [5.41, 5.74) is 2.68. The fourth-order valence-corrected chi connectivity index (χ4v) is 1.99. The van der Waals surface area contributed by atoms with Gasteiger partial charge in [-0.15, -0.1) is 0 Å². The standard InChI is InChI=1S/C13H12Cl2N2/c1-2-16-9-6-7-17-12(8-9)10-4-3-5-11(14)13(10)15/h3-8H,2H2,1H3,(H,16,17). The molecular formula is C13H12Cl2N2. The van der Waals surface area contributed by atoms with Crippen molar-refractivity contribution in [2.45, 2.75) is 6.92 Å². The summed E-state index contributed by atoms with van der Waals surface area (Å²) in [5.74, 6) is 0. The Labute approximate surface area is 111 Å². The summed E-state index contributed by atoms with van der Waals surface area (Å²) in [4.78, 5) is 4.31. The zero-order valence-corrected chi connectivity index (χ0v) is 10.9. The highest BCUT2D eigenvalue weighted by Gasteiger charge is 2.08. The Hall–Kier alpha value is -1.25. The fourth-order valence-electron chi connectivity index (χ4n) is 1.59. The number of hydrogen-bond donors (Lipinski definition) is 1. The number of nitrogens with zero attached hydrogens (tertiary/aromatic N) is 1. The number of nitrogens with one attached hydrogen (secondary N) is 1. The molecule has 0 fully saturated rings. The van der Waals surface area contributed by atoms with Crippen molar-refractivity contribution in [3.05, 3.63) is 46.6 Å². The zero-order chi connectivity index (χ0) is 12.3. The van der Waals surface area contributed by atoms with Gasteiger partial charge in [-0.25, -0.2) is 0 Å². The molecule has 0 unspecified atom stereocenters. The number of hydrogen-bond acceptors (Lipinski definition) is 2. The zero-order valence-electron chi connectivity index (χ0n) is 9.37. The van der Waals surface area contributed by atoms with E-state index in [0.29, 0.717) is 10.0 Å². The van der Waals surface area contributed by atoms with Gasteiger partial charge in [0.25, 0.3) is 0 Å². The summed E-state index contributed by atoms with van der Waals surface area (Å²) in [6.07, 6.45) is 1.75. The highest BCUT2D eigenvalue weighted by molar-refractivity contribution is 6.43. The minimum atomic E-state index is 0.537. The largest absolute Gasteiger partial charge is 0.385 e. The predicted octanol–water partition coefficient (Wildman–Crippen LogP) is 4.49. The third kappa shape index (κ3) is 2.71. The molecule has 88 valence electrons. The molecule has 0 spiro atoms. The van der Waals surface area contributed by atoms with Gasteiger partial charge < -0.3 is 5.32 Å². The second-order valence-electron chi connectivity index (χ2n) is 3.56. The van der Waals surface area contributed by atoms with Gasteiger partial charge in [-0.2, -0.15) is 0 Å². The number of benzene rings is 1. The summed E-state index contributed by atoms with van der Waals surface area (Å²) >= 11 is 12.2. The van der Waals surface area contributed by atoms with E-state index in [1.165, 1.54) is 0 Å². The lowest BCUT2D eigenvalue weighted by atomic mass is 10.1. The van der Waals surface area contributed by atoms with Crippen molar-refractivity contribution < 1.29 is 0 Å². The highest BCUT2D eigenvalue weighted by Crippen LogP contribution is 2.32. The van der Waals surface area contributed by atoms with Gasteiger partial charge in [0.05, 0.1) is 15.7 Å². The minimum absolute atomic E-state index is 0.537. The van der Waals surface area contributed by atoms with E-state index in [2.05, 4.69) is 10.3 Å². The smallest absolute Gasteiger partial charge is 0.0738 e. The van der Waals surface area contributed by atoms with Crippen molar-refractivity contribution in [2.24, 2.45) is 0 Å². The van der Waals surface area contributed by atoms with Crippen LogP contribution in [0.3, 0.4) is 0 Å². The Morgan fingerprint density at radius 2 is 2.06 bits per heavy atom. The lowest BCUT2D eigenvalue weighted by Gasteiger charge is -2.08. The van der Waals surface area contributed by atoms with Gasteiger partial charge in [0.1, 0.15) is 0 Å². The molecule has 0 saturated heterocycles. The molecule has 0 saturated carbocycles. The van der Waals surface area contributed by atoms with Gasteiger partial charge in [-0.3, -0.25) is 4.98 Å². The Morgan fingerprint density at radius 1 is 1.24 bits per heavy atom. The average Bonchev–Trinajstić information content (AvgIpc) is 2.33. The van der Waals surface area contributed by atoms with E-state index in [-0.39, 0.29) is 0 Å². The maximum atomic E-state index is 6.16. The first-order chi connectivity index (χ1) is 8.22. The molecule has 0 bridgehead atoms. The van der Waals surface area contributed by atoms with E-state index in [4.69, 9.17) is 23.2 Å². The Bertz CT molecular complexity index is 527. The van der Waals surface area contributed by atoms with E-state index < -0.39 is 0 Å². The van der Waals surface area contributed by atoms with Gasteiger partial charge in [0, 0.05) is 24.0 Å². The first-order valence-corrected chi connectivity index (χ1v) is 6.12. The fraction of sp³-hybridized carbons (Fsp3) is 0.154. The minimum Gasteiger partial charge on any atom is -0.385 e. The molecule has 0 amide bonds. The van der Waals surface area contributed by atoms with Gasteiger partial charge in [-0.05, 0) is 25.1 Å². The molecule has 2 rings (SSSR count). The summed E-state index contributed by atoms with van der Waals surface area (Å²) in [5, 5.41) is 4.31. The number of anilines is 1. The van der Waals surface area contributed by atoms with Crippen LogP contribution in [0.2, 0.25) is 10.0 Å². The van der Waals surface area contributed by atoms with Crippen LogP contribution in [0.15, 0.2) is 36.5 Å². The molecule has 0 radical (unpaired) electrons. The molecule has 4 heteroatoms. The Balaban J connectivity index is 2.45. The topological polar surface area (TPSA) is 24.9 Å². The molecule has 0 aliphatic rings. The maximum absolute atomic E-state index is 6.16. The van der Waals surface area contributed by atoms with Crippen LogP contribution < -0.4 is 5.32 Å². The van der Waals surface area contributed by atoms with Crippen molar-refractivity contribution in [2.75, 3.05) is 11.9 Å². The van der Waals surface area contributed by atoms with Crippen LogP contribution in [-0.4, -0.2) is 11.5 Å². The van der Waals surface area contributed by atoms with Gasteiger partial charge in [0.2, 0.25) is 0 Å². The lowest BCUT2D eigenvalue weighted by molar-refractivity contribution is 1.20. The van der Waals surface area contributed by atoms with E-state index >= 15 is 0 Å². The average molecular weight is 267 g/mol. The van der Waals surface area contributed by atoms with Crippen LogP contribution >= 0.6 is 23.2 Å². The molecule has 1 aromatic carbocycles. The normalized spacial score (nSPS) is 10.3. The van der Waals surface area contributed by atoms with Crippen LogP contribution in [0.4, 0.5) is 5.69 Å². The third-order valence-electron chi connectivity index (χ3n) is 2.37. The van der Waals surface area contributed by atoms with Gasteiger partial charge in [-0.1, -0.05) is 35.3 Å². The number of pyridine rings is 1. The summed E-state index contributed by atoms with van der Waals surface area (Å²) in [6, 6.07) is 9.42. The van der Waals surface area contributed by atoms with Crippen molar-refractivity contribution in [3.63, 3.8) is 0 Å². The Kier molecular flexibility index (Phi) is 3.87. The van der Waals surface area contributed by atoms with E-state index in [1.54, 1.807) is 12.3 Å². The number of rotatable bonds is 3. The SMILES string of the molecule is CCNc1ccnc(-c2cccc(Cl)c2Cl)c1. The third-order valence-corrected chi connectivity index (χ3v) is 3.19. The second kappa shape index (κ2) is 5.39. The molecule has 2 aromatic rings. The molecule has 1 N–H and O–H groups in total. The van der Waals surface area contributed by atoms with E-state index in [9.17, 15) is 0 Å². The van der Waals surface area contributed by atoms with Crippen molar-refractivity contribution in [1.82, 2.24) is 4.98 Å². The maximum Gasteiger partial charge on any atom is 0.0738 e. The number of aromatic nitrogens is 1. The lowest BCUT2D eigenvalue weighted by Crippen LogP contribution is -1.97. The van der Waals surface area contributed by atoms with Gasteiger partial charge in [0.15, 0.2) is 0 Å². The molecule has 0 aliphatic heterocycles. The van der Waals surface area contributed by atoms with Crippen LogP contribution in [-0.2, 0) is 0 Å². The summed E-state index contributed by atoms with van der Waals surface area (Å²) in [7, 11) is 0. The molecule has 1 aromatic heterocycles. The van der Waals surface area contributed by atoms with Crippen LogP contribution in [0, 0.1) is 0 Å². The van der Waals surface area contributed by atoms with Crippen LogP contribution in [0.25, 0.3) is 11.3 Å². The van der Waals surface area contributed by atoms with Crippen LogP contribution in [0.5, 0.6) is 0 Å². The second-order valence-corrected chi connectivity index (χ2v) is 4.35. The molecular weight excluding hydrogens is 255 g/mol. The van der Waals surface area contributed by atoms with Crippen molar-refractivity contribution in [3.8, 4) is 11.3 Å². The van der Waals surface area contributed by atoms with Crippen molar-refractivity contribution in [1.29, 1.82) is 0 Å². The number of halogens is 2. The van der Waals surface area contributed by atoms with Crippen LogP contribution in [0.1, 0.15) is 6.92 Å². The highest BCUT2D eigenvalue weighted by atomic mass is 35.5. The molecule has 1 heterocycles. The van der Waals surface area contributed by atoms with Crippen molar-refractivity contribution >= 4 is 28.9 Å². The molecule has 17 heavy (non-hydrogen) atoms. The monoisotopic (exact) mass is 266 g/mol. The molecule has 2 nitrogen and oxygen atoms in total. The van der Waals surface area contributed by atoms with E-state index in [1.807, 2.05) is 31.2 Å². The Morgan fingerprint density at radius 3 is 2.82 bits per heavy atom. The molecule has 0 aliphatic carbocycles. The predicted molar refractivity (Wildman–Crippen MR) is 73.9 cm³/mol. The quantitative estimate of drug-likeness (QED) is 0.886.